The molecule has 0 radical (unpaired) electrons. The molecule has 0 aliphatic rings. The van der Waals surface area contributed by atoms with Gasteiger partial charge in [-0.05, 0) is 13.0 Å². The number of fused-ring (bicyclic) bond motifs is 1. The fraction of sp³-hybridized carbons (Fsp3) is 0.364. The van der Waals surface area contributed by atoms with E-state index in [4.69, 9.17) is 11.6 Å². The highest BCUT2D eigenvalue weighted by Gasteiger charge is 2.20. The van der Waals surface area contributed by atoms with Crippen LogP contribution in [0.2, 0.25) is 0 Å². The van der Waals surface area contributed by atoms with Gasteiger partial charge in [0.25, 0.3) is 6.43 Å². The van der Waals surface area contributed by atoms with E-state index in [-0.39, 0.29) is 16.9 Å². The standard InChI is InChI=1S/C11H9ClF4N2/c1-5(12)11-17-10-7(14)2-6(13)3-8(10)18(11)4-9(15)16/h2-3,5,9H,4H2,1H3. The molecule has 0 fully saturated rings. The highest BCUT2D eigenvalue weighted by Crippen LogP contribution is 2.27. The SMILES string of the molecule is CC(Cl)c1nc2c(F)cc(F)cc2n1CC(F)F. The number of aromatic nitrogens is 2. The molecule has 18 heavy (non-hydrogen) atoms. The van der Waals surface area contributed by atoms with Gasteiger partial charge >= 0.3 is 0 Å². The van der Waals surface area contributed by atoms with Gasteiger partial charge in [-0.1, -0.05) is 0 Å². The van der Waals surface area contributed by atoms with E-state index >= 15 is 0 Å². The molecule has 0 N–H and O–H groups in total. The molecule has 0 aliphatic heterocycles. The molecule has 1 unspecified atom stereocenters. The summed E-state index contributed by atoms with van der Waals surface area (Å²) >= 11 is 5.81. The first-order valence-corrected chi connectivity index (χ1v) is 5.61. The maximum Gasteiger partial charge on any atom is 0.256 e. The topological polar surface area (TPSA) is 17.8 Å². The number of imidazole rings is 1. The van der Waals surface area contributed by atoms with Crippen molar-refractivity contribution in [3.63, 3.8) is 0 Å². The van der Waals surface area contributed by atoms with Crippen LogP contribution in [0.25, 0.3) is 11.0 Å². The van der Waals surface area contributed by atoms with E-state index < -0.39 is 30.0 Å². The van der Waals surface area contributed by atoms with E-state index in [1.807, 2.05) is 0 Å². The van der Waals surface area contributed by atoms with E-state index in [1.54, 1.807) is 0 Å². The molecule has 0 spiro atoms. The third kappa shape index (κ3) is 2.29. The fourth-order valence-corrected chi connectivity index (χ4v) is 1.97. The Balaban J connectivity index is 2.72. The summed E-state index contributed by atoms with van der Waals surface area (Å²) in [6.45, 7) is 0.824. The molecule has 1 heterocycles. The van der Waals surface area contributed by atoms with Crippen LogP contribution < -0.4 is 0 Å². The Morgan fingerprint density at radius 3 is 2.56 bits per heavy atom. The van der Waals surface area contributed by atoms with Gasteiger partial charge in [0.1, 0.15) is 17.2 Å². The first kappa shape index (κ1) is 13.1. The maximum atomic E-state index is 13.5. The first-order chi connectivity index (χ1) is 8.40. The maximum absolute atomic E-state index is 13.5. The molecule has 1 aromatic heterocycles. The second-order valence-electron chi connectivity index (χ2n) is 3.84. The first-order valence-electron chi connectivity index (χ1n) is 5.17. The number of nitrogens with zero attached hydrogens (tertiary/aromatic N) is 2. The zero-order valence-corrected chi connectivity index (χ0v) is 10.1. The molecule has 0 amide bonds. The minimum atomic E-state index is -2.66. The average molecular weight is 281 g/mol. The van der Waals surface area contributed by atoms with Crippen molar-refractivity contribution in [3.8, 4) is 0 Å². The van der Waals surface area contributed by atoms with Crippen LogP contribution in [0, 0.1) is 11.6 Å². The predicted molar refractivity (Wildman–Crippen MR) is 59.9 cm³/mol. The lowest BCUT2D eigenvalue weighted by Crippen LogP contribution is -2.10. The largest absolute Gasteiger partial charge is 0.321 e. The van der Waals surface area contributed by atoms with Crippen LogP contribution >= 0.6 is 11.6 Å². The van der Waals surface area contributed by atoms with Crippen molar-refractivity contribution in [1.29, 1.82) is 0 Å². The number of alkyl halides is 3. The Morgan fingerprint density at radius 1 is 1.33 bits per heavy atom. The summed E-state index contributed by atoms with van der Waals surface area (Å²) in [5, 5.41) is -0.682. The van der Waals surface area contributed by atoms with Crippen molar-refractivity contribution < 1.29 is 17.6 Å². The van der Waals surface area contributed by atoms with E-state index in [9.17, 15) is 17.6 Å². The average Bonchev–Trinajstić information content (AvgIpc) is 2.57. The van der Waals surface area contributed by atoms with Gasteiger partial charge in [-0.15, -0.1) is 11.6 Å². The molecule has 2 nitrogen and oxygen atoms in total. The number of rotatable bonds is 3. The summed E-state index contributed by atoms with van der Waals surface area (Å²) in [6.07, 6.45) is -2.66. The van der Waals surface area contributed by atoms with Crippen molar-refractivity contribution >= 4 is 22.6 Å². The Labute approximate surface area is 105 Å². The predicted octanol–water partition coefficient (Wildman–Crippen LogP) is 3.88. The van der Waals surface area contributed by atoms with E-state index in [1.165, 1.54) is 6.92 Å². The summed E-state index contributed by atoms with van der Waals surface area (Å²) in [5.41, 5.74) is -0.171. The van der Waals surface area contributed by atoms with Crippen molar-refractivity contribution in [2.24, 2.45) is 0 Å². The second-order valence-corrected chi connectivity index (χ2v) is 4.50. The van der Waals surface area contributed by atoms with Crippen molar-refractivity contribution in [2.75, 3.05) is 0 Å². The van der Waals surface area contributed by atoms with E-state index in [2.05, 4.69) is 4.98 Å². The van der Waals surface area contributed by atoms with Gasteiger partial charge in [0, 0.05) is 6.07 Å². The minimum absolute atomic E-state index is 0.0182. The number of halogens is 5. The second kappa shape index (κ2) is 4.76. The monoisotopic (exact) mass is 280 g/mol. The third-order valence-corrected chi connectivity index (χ3v) is 2.67. The van der Waals surface area contributed by atoms with Crippen LogP contribution in [0.15, 0.2) is 12.1 Å². The van der Waals surface area contributed by atoms with Crippen LogP contribution in [0.1, 0.15) is 18.1 Å². The molecule has 98 valence electrons. The van der Waals surface area contributed by atoms with Crippen LogP contribution in [-0.4, -0.2) is 16.0 Å². The molecule has 2 rings (SSSR count). The van der Waals surface area contributed by atoms with Gasteiger partial charge < -0.3 is 4.57 Å². The fourth-order valence-electron chi connectivity index (χ4n) is 1.80. The van der Waals surface area contributed by atoms with E-state index in [0.29, 0.717) is 6.07 Å². The minimum Gasteiger partial charge on any atom is -0.321 e. The number of benzene rings is 1. The van der Waals surface area contributed by atoms with Gasteiger partial charge in [0.05, 0.1) is 17.4 Å². The van der Waals surface area contributed by atoms with Crippen LogP contribution in [-0.2, 0) is 6.54 Å². The number of hydrogen-bond donors (Lipinski definition) is 0. The summed E-state index contributed by atoms with van der Waals surface area (Å²) in [6, 6.07) is 1.63. The van der Waals surface area contributed by atoms with Gasteiger partial charge in [-0.2, -0.15) is 0 Å². The quantitative estimate of drug-likeness (QED) is 0.616. The smallest absolute Gasteiger partial charge is 0.256 e. The Morgan fingerprint density at radius 2 is 2.00 bits per heavy atom. The van der Waals surface area contributed by atoms with Crippen molar-refractivity contribution in [1.82, 2.24) is 9.55 Å². The van der Waals surface area contributed by atoms with Crippen molar-refractivity contribution in [3.05, 3.63) is 29.6 Å². The Bertz CT molecular complexity index is 580. The highest BCUT2D eigenvalue weighted by atomic mass is 35.5. The molecular weight excluding hydrogens is 272 g/mol. The molecule has 2 aromatic rings. The molecule has 1 atom stereocenters. The Kier molecular flexibility index (Phi) is 3.47. The molecule has 7 heteroatoms. The summed E-state index contributed by atoms with van der Waals surface area (Å²) in [4.78, 5) is 3.86. The van der Waals surface area contributed by atoms with Gasteiger partial charge in [0.2, 0.25) is 0 Å². The summed E-state index contributed by atoms with van der Waals surface area (Å²) < 4.78 is 52.6. The van der Waals surface area contributed by atoms with Crippen LogP contribution in [0.3, 0.4) is 0 Å². The summed E-state index contributed by atoms with van der Waals surface area (Å²) in [7, 11) is 0. The van der Waals surface area contributed by atoms with Gasteiger partial charge in [-0.3, -0.25) is 0 Å². The molecule has 0 saturated carbocycles. The normalized spacial score (nSPS) is 13.5. The van der Waals surface area contributed by atoms with Gasteiger partial charge in [-0.25, -0.2) is 22.5 Å². The molecule has 0 bridgehead atoms. The lowest BCUT2D eigenvalue weighted by molar-refractivity contribution is 0.127. The molecular formula is C11H9ClF4N2. The lowest BCUT2D eigenvalue weighted by Gasteiger charge is -2.09. The molecule has 0 aliphatic carbocycles. The molecule has 0 saturated heterocycles. The van der Waals surface area contributed by atoms with Crippen LogP contribution in [0.4, 0.5) is 17.6 Å². The Hall–Kier alpha value is -1.30. The zero-order chi connectivity index (χ0) is 13.4. The highest BCUT2D eigenvalue weighted by molar-refractivity contribution is 6.20. The zero-order valence-electron chi connectivity index (χ0n) is 9.30. The summed E-state index contributed by atoms with van der Waals surface area (Å²) in [5.74, 6) is -1.64. The van der Waals surface area contributed by atoms with E-state index in [0.717, 1.165) is 10.6 Å². The third-order valence-electron chi connectivity index (χ3n) is 2.48. The van der Waals surface area contributed by atoms with Gasteiger partial charge in [0.15, 0.2) is 5.82 Å². The number of hydrogen-bond acceptors (Lipinski definition) is 1. The van der Waals surface area contributed by atoms with Crippen LogP contribution in [0.5, 0.6) is 0 Å². The lowest BCUT2D eigenvalue weighted by atomic mass is 10.3. The molecule has 1 aromatic carbocycles. The van der Waals surface area contributed by atoms with Crippen molar-refractivity contribution in [2.45, 2.75) is 25.3 Å².